The number of carbonyl (C=O) groups is 2. The van der Waals surface area contributed by atoms with Crippen LogP contribution in [0.1, 0.15) is 28.4 Å². The van der Waals surface area contributed by atoms with Crippen LogP contribution in [0, 0.1) is 0 Å². The molecule has 0 aromatic heterocycles. The van der Waals surface area contributed by atoms with Gasteiger partial charge in [-0.2, -0.15) is 0 Å². The van der Waals surface area contributed by atoms with Crippen LogP contribution >= 0.6 is 0 Å². The first kappa shape index (κ1) is 18.5. The highest BCUT2D eigenvalue weighted by Gasteiger charge is 2.22. The van der Waals surface area contributed by atoms with Crippen LogP contribution < -0.4 is 10.1 Å². The van der Waals surface area contributed by atoms with Gasteiger partial charge < -0.3 is 19.9 Å². The SMILES string of the molecule is COCCCOc1ccc(C(=O)N[C@H](C(=O)O)c2ccccc2)cc1. The molecular weight excluding hydrogens is 322 g/mol. The molecule has 0 heterocycles. The van der Waals surface area contributed by atoms with Crippen molar-refractivity contribution in [3.63, 3.8) is 0 Å². The number of hydrogen-bond donors (Lipinski definition) is 2. The Balaban J connectivity index is 1.98. The molecule has 25 heavy (non-hydrogen) atoms. The third-order valence-corrected chi connectivity index (χ3v) is 3.53. The minimum Gasteiger partial charge on any atom is -0.494 e. The Labute approximate surface area is 146 Å². The molecule has 0 fully saturated rings. The number of methoxy groups -OCH3 is 1. The van der Waals surface area contributed by atoms with Gasteiger partial charge in [-0.05, 0) is 29.8 Å². The van der Waals surface area contributed by atoms with Crippen LogP contribution in [0.15, 0.2) is 54.6 Å². The molecule has 0 bridgehead atoms. The summed E-state index contributed by atoms with van der Waals surface area (Å²) in [5.41, 5.74) is 0.882. The summed E-state index contributed by atoms with van der Waals surface area (Å²) in [6.45, 7) is 1.14. The Bertz CT molecular complexity index is 685. The van der Waals surface area contributed by atoms with Crippen LogP contribution in [0.25, 0.3) is 0 Å². The molecule has 6 nitrogen and oxygen atoms in total. The van der Waals surface area contributed by atoms with Crippen LogP contribution in [-0.4, -0.2) is 37.3 Å². The van der Waals surface area contributed by atoms with E-state index in [2.05, 4.69) is 5.32 Å². The highest BCUT2D eigenvalue weighted by atomic mass is 16.5. The zero-order chi connectivity index (χ0) is 18.1. The van der Waals surface area contributed by atoms with E-state index in [1.807, 2.05) is 0 Å². The van der Waals surface area contributed by atoms with Crippen molar-refractivity contribution in [2.45, 2.75) is 12.5 Å². The number of benzene rings is 2. The van der Waals surface area contributed by atoms with E-state index in [-0.39, 0.29) is 0 Å². The highest BCUT2D eigenvalue weighted by molar-refractivity contribution is 5.96. The number of nitrogens with one attached hydrogen (secondary N) is 1. The summed E-state index contributed by atoms with van der Waals surface area (Å²) < 4.78 is 10.5. The minimum atomic E-state index is -1.11. The van der Waals surface area contributed by atoms with Gasteiger partial charge in [-0.1, -0.05) is 30.3 Å². The van der Waals surface area contributed by atoms with E-state index < -0.39 is 17.9 Å². The van der Waals surface area contributed by atoms with E-state index in [4.69, 9.17) is 9.47 Å². The second-order valence-corrected chi connectivity index (χ2v) is 5.37. The molecule has 1 amide bonds. The van der Waals surface area contributed by atoms with Crippen LogP contribution in [0.5, 0.6) is 5.75 Å². The average molecular weight is 343 g/mol. The first-order valence-electron chi connectivity index (χ1n) is 7.92. The molecule has 0 spiro atoms. The number of carboxylic acids is 1. The Morgan fingerprint density at radius 3 is 2.32 bits per heavy atom. The zero-order valence-corrected chi connectivity index (χ0v) is 14.0. The lowest BCUT2D eigenvalue weighted by atomic mass is 10.1. The maximum absolute atomic E-state index is 12.3. The third kappa shape index (κ3) is 5.61. The number of carboxylic acid groups (broad SMARTS) is 1. The summed E-state index contributed by atoms with van der Waals surface area (Å²) in [7, 11) is 1.63. The van der Waals surface area contributed by atoms with E-state index in [1.54, 1.807) is 61.7 Å². The van der Waals surface area contributed by atoms with Crippen LogP contribution in [0.3, 0.4) is 0 Å². The summed E-state index contributed by atoms with van der Waals surface area (Å²) in [5, 5.41) is 11.9. The standard InChI is InChI=1S/C19H21NO5/c1-24-12-5-13-25-16-10-8-15(9-11-16)18(21)20-17(19(22)23)14-6-3-2-4-7-14/h2-4,6-11,17H,5,12-13H2,1H3,(H,20,21)(H,22,23)/t17-/m0/s1. The van der Waals surface area contributed by atoms with Crippen LogP contribution in [-0.2, 0) is 9.53 Å². The van der Waals surface area contributed by atoms with Crippen molar-refractivity contribution in [1.82, 2.24) is 5.32 Å². The Morgan fingerprint density at radius 1 is 1.04 bits per heavy atom. The molecular formula is C19H21NO5. The summed E-state index contributed by atoms with van der Waals surface area (Å²) >= 11 is 0. The number of carbonyl (C=O) groups excluding carboxylic acids is 1. The number of aliphatic carboxylic acids is 1. The quantitative estimate of drug-likeness (QED) is 0.684. The fourth-order valence-electron chi connectivity index (χ4n) is 2.24. The van der Waals surface area contributed by atoms with Gasteiger partial charge >= 0.3 is 5.97 Å². The Morgan fingerprint density at radius 2 is 1.72 bits per heavy atom. The van der Waals surface area contributed by atoms with Crippen molar-refractivity contribution in [2.24, 2.45) is 0 Å². The molecule has 1 atom stereocenters. The largest absolute Gasteiger partial charge is 0.494 e. The molecule has 2 N–H and O–H groups in total. The molecule has 0 aliphatic heterocycles. The van der Waals surface area contributed by atoms with E-state index in [0.717, 1.165) is 6.42 Å². The van der Waals surface area contributed by atoms with Crippen molar-refractivity contribution in [1.29, 1.82) is 0 Å². The predicted octanol–water partition coefficient (Wildman–Crippen LogP) is 2.66. The minimum absolute atomic E-state index is 0.367. The number of amides is 1. The average Bonchev–Trinajstić information content (AvgIpc) is 2.64. The van der Waals surface area contributed by atoms with Gasteiger partial charge in [0.2, 0.25) is 0 Å². The fraction of sp³-hybridized carbons (Fsp3) is 0.263. The molecule has 0 unspecified atom stereocenters. The predicted molar refractivity (Wildman–Crippen MR) is 92.7 cm³/mol. The molecule has 6 heteroatoms. The van der Waals surface area contributed by atoms with E-state index in [0.29, 0.717) is 30.1 Å². The first-order chi connectivity index (χ1) is 12.1. The summed E-state index contributed by atoms with van der Waals surface area (Å²) in [5.74, 6) is -0.926. The molecule has 132 valence electrons. The van der Waals surface area contributed by atoms with Crippen molar-refractivity contribution < 1.29 is 24.2 Å². The fourth-order valence-corrected chi connectivity index (χ4v) is 2.24. The van der Waals surface area contributed by atoms with E-state index in [1.165, 1.54) is 0 Å². The van der Waals surface area contributed by atoms with Gasteiger partial charge in [0, 0.05) is 25.7 Å². The summed E-state index contributed by atoms with van der Waals surface area (Å²) in [6, 6.07) is 14.0. The zero-order valence-electron chi connectivity index (χ0n) is 14.0. The van der Waals surface area contributed by atoms with Gasteiger partial charge in [-0.3, -0.25) is 4.79 Å². The van der Waals surface area contributed by atoms with Crippen molar-refractivity contribution in [3.8, 4) is 5.75 Å². The lowest BCUT2D eigenvalue weighted by Crippen LogP contribution is -2.33. The molecule has 0 aliphatic rings. The molecule has 0 saturated carbocycles. The van der Waals surface area contributed by atoms with Crippen molar-refractivity contribution in [3.05, 3.63) is 65.7 Å². The van der Waals surface area contributed by atoms with Gasteiger partial charge in [0.1, 0.15) is 5.75 Å². The highest BCUT2D eigenvalue weighted by Crippen LogP contribution is 2.16. The van der Waals surface area contributed by atoms with Gasteiger partial charge in [0.05, 0.1) is 6.61 Å². The lowest BCUT2D eigenvalue weighted by molar-refractivity contribution is -0.139. The van der Waals surface area contributed by atoms with Gasteiger partial charge in [-0.25, -0.2) is 4.79 Å². The number of ether oxygens (including phenoxy) is 2. The first-order valence-corrected chi connectivity index (χ1v) is 7.92. The maximum Gasteiger partial charge on any atom is 0.330 e. The second-order valence-electron chi connectivity index (χ2n) is 5.37. The normalized spacial score (nSPS) is 11.6. The molecule has 0 saturated heterocycles. The van der Waals surface area contributed by atoms with Crippen molar-refractivity contribution >= 4 is 11.9 Å². The number of rotatable bonds is 9. The number of hydrogen-bond acceptors (Lipinski definition) is 4. The molecule has 0 aliphatic carbocycles. The maximum atomic E-state index is 12.3. The Kier molecular flexibility index (Phi) is 6.98. The third-order valence-electron chi connectivity index (χ3n) is 3.53. The van der Waals surface area contributed by atoms with Gasteiger partial charge in [-0.15, -0.1) is 0 Å². The summed E-state index contributed by atoms with van der Waals surface area (Å²) in [4.78, 5) is 23.8. The smallest absolute Gasteiger partial charge is 0.330 e. The van der Waals surface area contributed by atoms with Gasteiger partial charge in [0.25, 0.3) is 5.91 Å². The molecule has 2 aromatic carbocycles. The second kappa shape index (κ2) is 9.44. The van der Waals surface area contributed by atoms with E-state index in [9.17, 15) is 14.7 Å². The van der Waals surface area contributed by atoms with Crippen LogP contribution in [0.2, 0.25) is 0 Å². The Hall–Kier alpha value is -2.86. The topological polar surface area (TPSA) is 84.9 Å². The van der Waals surface area contributed by atoms with Crippen LogP contribution in [0.4, 0.5) is 0 Å². The molecule has 2 rings (SSSR count). The van der Waals surface area contributed by atoms with Crippen molar-refractivity contribution in [2.75, 3.05) is 20.3 Å². The van der Waals surface area contributed by atoms with Gasteiger partial charge in [0.15, 0.2) is 6.04 Å². The summed E-state index contributed by atoms with van der Waals surface area (Å²) in [6.07, 6.45) is 0.774. The monoisotopic (exact) mass is 343 g/mol. The lowest BCUT2D eigenvalue weighted by Gasteiger charge is -2.15. The molecule has 0 radical (unpaired) electrons. The molecule has 2 aromatic rings. The van der Waals surface area contributed by atoms with E-state index >= 15 is 0 Å².